The molecule has 30 heavy (non-hydrogen) atoms. The number of nitrogens with two attached hydrogens (primary N) is 1. The number of hydrogen-bond acceptors (Lipinski definition) is 6. The molecule has 3 heterocycles. The van der Waals surface area contributed by atoms with Gasteiger partial charge in [-0.05, 0) is 24.3 Å². The Balaban J connectivity index is 1.67. The first-order valence-electron chi connectivity index (χ1n) is 9.14. The Morgan fingerprint density at radius 3 is 2.57 bits per heavy atom. The Morgan fingerprint density at radius 1 is 1.07 bits per heavy atom. The number of benzene rings is 1. The Labute approximate surface area is 171 Å². The maximum atomic E-state index is 13.9. The van der Waals surface area contributed by atoms with Gasteiger partial charge in [-0.3, -0.25) is 4.98 Å². The smallest absolute Gasteiger partial charge is 0.218 e. The van der Waals surface area contributed by atoms with E-state index in [0.29, 0.717) is 22.8 Å². The van der Waals surface area contributed by atoms with Crippen LogP contribution in [0.3, 0.4) is 0 Å². The second kappa shape index (κ2) is 8.34. The average molecular weight is 408 g/mol. The molecule has 9 heteroatoms. The molecule has 0 saturated carbocycles. The van der Waals surface area contributed by atoms with E-state index in [4.69, 9.17) is 10.5 Å². The van der Waals surface area contributed by atoms with Crippen molar-refractivity contribution in [1.29, 1.82) is 0 Å². The van der Waals surface area contributed by atoms with E-state index in [1.807, 2.05) is 18.2 Å². The van der Waals surface area contributed by atoms with Crippen molar-refractivity contribution in [3.8, 4) is 34.4 Å². The van der Waals surface area contributed by atoms with Crippen molar-refractivity contribution in [3.63, 3.8) is 0 Å². The predicted octanol–water partition coefficient (Wildman–Crippen LogP) is 3.84. The molecular formula is C21H18F2N6O. The van der Waals surface area contributed by atoms with Crippen molar-refractivity contribution in [3.05, 3.63) is 72.4 Å². The third kappa shape index (κ3) is 4.01. The number of hydrogen-bond donors (Lipinski definition) is 1. The van der Waals surface area contributed by atoms with Crippen LogP contribution in [0.4, 0.5) is 8.78 Å². The molecule has 1 atom stereocenters. The predicted molar refractivity (Wildman–Crippen MR) is 107 cm³/mol. The zero-order valence-corrected chi connectivity index (χ0v) is 16.0. The summed E-state index contributed by atoms with van der Waals surface area (Å²) in [5.41, 5.74) is 7.36. The minimum absolute atomic E-state index is 0.160. The lowest BCUT2D eigenvalue weighted by Gasteiger charge is -2.11. The first-order chi connectivity index (χ1) is 14.5. The minimum Gasteiger partial charge on any atom is -0.438 e. The molecule has 0 spiro atoms. The summed E-state index contributed by atoms with van der Waals surface area (Å²) in [5, 5.41) is 4.39. The summed E-state index contributed by atoms with van der Waals surface area (Å²) >= 11 is 0. The van der Waals surface area contributed by atoms with Crippen molar-refractivity contribution in [2.75, 3.05) is 6.54 Å². The number of alkyl halides is 1. The van der Waals surface area contributed by atoms with Gasteiger partial charge in [0.2, 0.25) is 5.88 Å². The monoisotopic (exact) mass is 408 g/mol. The Morgan fingerprint density at radius 2 is 1.87 bits per heavy atom. The van der Waals surface area contributed by atoms with E-state index in [0.717, 1.165) is 0 Å². The van der Waals surface area contributed by atoms with Gasteiger partial charge in [-0.2, -0.15) is 5.10 Å². The number of aryl methyl sites for hydroxylation is 1. The Hall–Kier alpha value is -3.72. The van der Waals surface area contributed by atoms with Crippen LogP contribution in [0.5, 0.6) is 11.6 Å². The van der Waals surface area contributed by atoms with Crippen LogP contribution in [0.2, 0.25) is 0 Å². The summed E-state index contributed by atoms with van der Waals surface area (Å²) in [6, 6.07) is 11.2. The van der Waals surface area contributed by atoms with E-state index in [-0.39, 0.29) is 23.7 Å². The van der Waals surface area contributed by atoms with Crippen molar-refractivity contribution in [2.24, 2.45) is 12.8 Å². The lowest BCUT2D eigenvalue weighted by atomic mass is 10.1. The summed E-state index contributed by atoms with van der Waals surface area (Å²) < 4.78 is 35.1. The number of rotatable bonds is 6. The molecule has 0 radical (unpaired) electrons. The van der Waals surface area contributed by atoms with E-state index in [2.05, 4.69) is 20.1 Å². The molecule has 0 fully saturated rings. The summed E-state index contributed by atoms with van der Waals surface area (Å²) in [7, 11) is 1.71. The van der Waals surface area contributed by atoms with Crippen LogP contribution in [0.1, 0.15) is 11.7 Å². The van der Waals surface area contributed by atoms with E-state index in [1.165, 1.54) is 35.3 Å². The molecule has 0 bridgehead atoms. The van der Waals surface area contributed by atoms with Crippen molar-refractivity contribution in [2.45, 2.75) is 6.17 Å². The number of nitrogens with zero attached hydrogens (tertiary/aromatic N) is 5. The fourth-order valence-corrected chi connectivity index (χ4v) is 2.84. The SMILES string of the molecule is Cn1nc(-c2ccccn2)cc1Oc1cc(F)ccc1-c1ncc([C@@H](F)CN)cn1. The summed E-state index contributed by atoms with van der Waals surface area (Å²) in [4.78, 5) is 12.6. The molecule has 0 aliphatic rings. The molecule has 0 saturated heterocycles. The Kier molecular flexibility index (Phi) is 5.44. The first kappa shape index (κ1) is 19.6. The van der Waals surface area contributed by atoms with Crippen molar-refractivity contribution < 1.29 is 13.5 Å². The van der Waals surface area contributed by atoms with E-state index < -0.39 is 12.0 Å². The van der Waals surface area contributed by atoms with Crippen molar-refractivity contribution >= 4 is 0 Å². The highest BCUT2D eigenvalue weighted by atomic mass is 19.1. The van der Waals surface area contributed by atoms with Gasteiger partial charge in [0, 0.05) is 49.9 Å². The average Bonchev–Trinajstić information content (AvgIpc) is 3.14. The van der Waals surface area contributed by atoms with Gasteiger partial charge < -0.3 is 10.5 Å². The highest BCUT2D eigenvalue weighted by Crippen LogP contribution is 2.33. The molecule has 0 amide bonds. The molecule has 0 aliphatic heterocycles. The third-order valence-electron chi connectivity index (χ3n) is 4.40. The lowest BCUT2D eigenvalue weighted by molar-refractivity contribution is 0.351. The van der Waals surface area contributed by atoms with Gasteiger partial charge in [-0.25, -0.2) is 23.4 Å². The van der Waals surface area contributed by atoms with Crippen LogP contribution >= 0.6 is 0 Å². The summed E-state index contributed by atoms with van der Waals surface area (Å²) in [5.74, 6) is 0.370. The number of pyridine rings is 1. The molecule has 4 aromatic rings. The van der Waals surface area contributed by atoms with Gasteiger partial charge in [0.15, 0.2) is 5.82 Å². The van der Waals surface area contributed by atoms with E-state index in [1.54, 1.807) is 19.3 Å². The zero-order valence-electron chi connectivity index (χ0n) is 16.0. The quantitative estimate of drug-likeness (QED) is 0.521. The third-order valence-corrected chi connectivity index (χ3v) is 4.40. The van der Waals surface area contributed by atoms with Crippen LogP contribution in [0, 0.1) is 5.82 Å². The van der Waals surface area contributed by atoms with Crippen LogP contribution in [-0.4, -0.2) is 31.3 Å². The van der Waals surface area contributed by atoms with Crippen LogP contribution < -0.4 is 10.5 Å². The van der Waals surface area contributed by atoms with Crippen LogP contribution in [0.15, 0.2) is 61.1 Å². The molecule has 7 nitrogen and oxygen atoms in total. The van der Waals surface area contributed by atoms with Gasteiger partial charge in [-0.1, -0.05) is 6.07 Å². The standard InChI is InChI=1S/C21H18F2N6O/c1-29-20(9-18(28-29)17-4-2-3-7-25-17)30-19-8-14(22)5-6-15(19)21-26-11-13(12-27-21)16(23)10-24/h2-9,11-12,16H,10,24H2,1H3/t16-/m0/s1. The second-order valence-corrected chi connectivity index (χ2v) is 6.49. The molecule has 152 valence electrons. The molecule has 2 N–H and O–H groups in total. The van der Waals surface area contributed by atoms with Crippen LogP contribution in [0.25, 0.3) is 22.8 Å². The zero-order chi connectivity index (χ0) is 21.1. The van der Waals surface area contributed by atoms with E-state index >= 15 is 0 Å². The highest BCUT2D eigenvalue weighted by molar-refractivity contribution is 5.65. The fraction of sp³-hybridized carbons (Fsp3) is 0.143. The molecule has 3 aromatic heterocycles. The minimum atomic E-state index is -1.34. The fourth-order valence-electron chi connectivity index (χ4n) is 2.84. The van der Waals surface area contributed by atoms with Gasteiger partial charge in [0.1, 0.15) is 23.4 Å². The van der Waals surface area contributed by atoms with Gasteiger partial charge in [0.25, 0.3) is 0 Å². The molecule has 1 aromatic carbocycles. The maximum Gasteiger partial charge on any atom is 0.218 e. The number of aromatic nitrogens is 5. The number of ether oxygens (including phenoxy) is 1. The van der Waals surface area contributed by atoms with Crippen molar-refractivity contribution in [1.82, 2.24) is 24.7 Å². The lowest BCUT2D eigenvalue weighted by Crippen LogP contribution is -2.08. The second-order valence-electron chi connectivity index (χ2n) is 6.49. The molecule has 0 aliphatic carbocycles. The maximum absolute atomic E-state index is 13.9. The normalized spacial score (nSPS) is 12.0. The largest absolute Gasteiger partial charge is 0.438 e. The number of halogens is 2. The molecular weight excluding hydrogens is 390 g/mol. The summed E-state index contributed by atoms with van der Waals surface area (Å²) in [6.07, 6.45) is 3.04. The molecule has 4 rings (SSSR count). The van der Waals surface area contributed by atoms with Gasteiger partial charge in [0.05, 0.1) is 11.3 Å². The topological polar surface area (TPSA) is 91.7 Å². The van der Waals surface area contributed by atoms with Gasteiger partial charge in [-0.15, -0.1) is 0 Å². The molecule has 0 unspecified atom stereocenters. The van der Waals surface area contributed by atoms with Gasteiger partial charge >= 0.3 is 0 Å². The first-order valence-corrected chi connectivity index (χ1v) is 9.14. The Bertz CT molecular complexity index is 1150. The highest BCUT2D eigenvalue weighted by Gasteiger charge is 2.16. The summed E-state index contributed by atoms with van der Waals surface area (Å²) in [6.45, 7) is -0.160. The van der Waals surface area contributed by atoms with E-state index in [9.17, 15) is 8.78 Å². The van der Waals surface area contributed by atoms with Crippen LogP contribution in [-0.2, 0) is 7.05 Å².